The van der Waals surface area contributed by atoms with Crippen molar-refractivity contribution in [3.8, 4) is 5.88 Å². The molecule has 0 spiro atoms. The summed E-state index contributed by atoms with van der Waals surface area (Å²) in [5.41, 5.74) is -0.276. The molecule has 4 rings (SSSR count). The smallest absolute Gasteiger partial charge is 0.249 e. The molecule has 1 aliphatic carbocycles. The van der Waals surface area contributed by atoms with Gasteiger partial charge in [-0.3, -0.25) is 4.79 Å². The van der Waals surface area contributed by atoms with E-state index in [0.29, 0.717) is 13.1 Å². The van der Waals surface area contributed by atoms with Crippen LogP contribution in [0.25, 0.3) is 10.9 Å². The van der Waals surface area contributed by atoms with Crippen LogP contribution in [-0.4, -0.2) is 55.6 Å². The Bertz CT molecular complexity index is 1060. The molecule has 2 atom stereocenters. The van der Waals surface area contributed by atoms with Crippen molar-refractivity contribution in [1.82, 2.24) is 15.0 Å². The zero-order valence-electron chi connectivity index (χ0n) is 14.6. The number of methoxy groups -OCH3 is 1. The average molecular weight is 415 g/mol. The number of nitrogens with zero attached hydrogens (tertiary/aromatic N) is 4. The molecule has 0 amide bonds. The molecule has 2 bridgehead atoms. The first-order valence-corrected chi connectivity index (χ1v) is 10.6. The van der Waals surface area contributed by atoms with Gasteiger partial charge in [0.25, 0.3) is 0 Å². The maximum atomic E-state index is 14.6. The summed E-state index contributed by atoms with van der Waals surface area (Å²) in [6.45, 7) is 0.746. The predicted molar refractivity (Wildman–Crippen MR) is 95.4 cm³/mol. The van der Waals surface area contributed by atoms with Gasteiger partial charge in [-0.2, -0.15) is 4.98 Å². The van der Waals surface area contributed by atoms with E-state index in [1.165, 1.54) is 7.11 Å². The molecule has 11 heteroatoms. The third kappa shape index (κ3) is 2.91. The first-order valence-electron chi connectivity index (χ1n) is 8.30. The molecule has 27 heavy (non-hydrogen) atoms. The molecule has 0 unspecified atom stereocenters. The van der Waals surface area contributed by atoms with E-state index >= 15 is 0 Å². The summed E-state index contributed by atoms with van der Waals surface area (Å²) < 4.78 is 44.0. The molecule has 0 N–H and O–H groups in total. The number of rotatable bonds is 3. The molecule has 2 aromatic heterocycles. The number of ketones is 1. The van der Waals surface area contributed by atoms with Gasteiger partial charge < -0.3 is 9.64 Å². The number of hydrogen-bond donors (Lipinski definition) is 0. The van der Waals surface area contributed by atoms with Crippen LogP contribution in [0.5, 0.6) is 5.88 Å². The molecule has 0 radical (unpaired) electrons. The predicted octanol–water partition coefficient (Wildman–Crippen LogP) is 1.64. The minimum Gasteiger partial charge on any atom is -0.480 e. The van der Waals surface area contributed by atoms with E-state index in [1.807, 2.05) is 0 Å². The summed E-state index contributed by atoms with van der Waals surface area (Å²) in [5, 5.41) is -0.852. The fraction of sp³-hybridized carbons (Fsp3) is 0.500. The summed E-state index contributed by atoms with van der Waals surface area (Å²) in [6, 6.07) is 0. The SMILES string of the molecule is COc1nc(Cl)c(F)c2nc(S(C)(=O)=O)nc(N3C[C@H]4CC[C@@H](C3)C4=O)c12. The Morgan fingerprint density at radius 1 is 1.19 bits per heavy atom. The molecule has 144 valence electrons. The van der Waals surface area contributed by atoms with Crippen LogP contribution < -0.4 is 9.64 Å². The second-order valence-corrected chi connectivity index (χ2v) is 9.10. The van der Waals surface area contributed by atoms with Crippen LogP contribution in [0.15, 0.2) is 5.16 Å². The number of sulfone groups is 1. The van der Waals surface area contributed by atoms with E-state index in [4.69, 9.17) is 16.3 Å². The Hall–Kier alpha value is -2.07. The molecule has 2 aromatic rings. The number of Topliss-reactive ketones (excluding diaryl/α,β-unsaturated/α-hetero) is 1. The zero-order valence-corrected chi connectivity index (χ0v) is 16.1. The van der Waals surface area contributed by atoms with Gasteiger partial charge in [-0.1, -0.05) is 11.6 Å². The van der Waals surface area contributed by atoms with Crippen LogP contribution in [0.1, 0.15) is 12.8 Å². The Morgan fingerprint density at radius 3 is 2.37 bits per heavy atom. The summed E-state index contributed by atoms with van der Waals surface area (Å²) in [6.07, 6.45) is 2.49. The van der Waals surface area contributed by atoms with Gasteiger partial charge in [0.1, 0.15) is 22.5 Å². The standard InChI is InChI=1S/C16H16ClFN4O4S/c1-26-15-9-11(10(18)13(17)20-15)19-16(27(2,24)25)21-14(9)22-5-7-3-4-8(6-22)12(7)23/h7-8H,3-6H2,1-2H3/t7-,8+. The first kappa shape index (κ1) is 18.3. The number of ether oxygens (including phenoxy) is 1. The number of aromatic nitrogens is 3. The molecule has 2 aliphatic rings. The maximum absolute atomic E-state index is 14.6. The Morgan fingerprint density at radius 2 is 1.81 bits per heavy atom. The van der Waals surface area contributed by atoms with E-state index in [-0.39, 0.29) is 40.2 Å². The second-order valence-electron chi connectivity index (χ2n) is 6.83. The van der Waals surface area contributed by atoms with Gasteiger partial charge in [0.15, 0.2) is 11.0 Å². The monoisotopic (exact) mass is 414 g/mol. The quantitative estimate of drug-likeness (QED) is 0.551. The number of pyridine rings is 1. The molecule has 8 nitrogen and oxygen atoms in total. The third-order valence-corrected chi connectivity index (χ3v) is 6.14. The zero-order chi connectivity index (χ0) is 19.5. The molecule has 2 fully saturated rings. The third-order valence-electron chi connectivity index (χ3n) is 5.05. The number of carbonyl (C=O) groups excluding carboxylic acids is 1. The largest absolute Gasteiger partial charge is 0.480 e. The van der Waals surface area contributed by atoms with Gasteiger partial charge in [0, 0.05) is 31.2 Å². The van der Waals surface area contributed by atoms with E-state index in [9.17, 15) is 17.6 Å². The summed E-state index contributed by atoms with van der Waals surface area (Å²) in [5.74, 6) is -0.845. The first-order chi connectivity index (χ1) is 12.7. The fourth-order valence-electron chi connectivity index (χ4n) is 3.78. The molecular formula is C16H16ClFN4O4S. The van der Waals surface area contributed by atoms with Crippen LogP contribution in [0.2, 0.25) is 5.15 Å². The number of carbonyl (C=O) groups is 1. The Labute approximate surface area is 159 Å². The number of fused-ring (bicyclic) bond motifs is 3. The van der Waals surface area contributed by atoms with Gasteiger partial charge in [-0.25, -0.2) is 22.8 Å². The highest BCUT2D eigenvalue weighted by molar-refractivity contribution is 7.90. The van der Waals surface area contributed by atoms with Crippen LogP contribution >= 0.6 is 11.6 Å². The van der Waals surface area contributed by atoms with Crippen molar-refractivity contribution < 1.29 is 22.3 Å². The van der Waals surface area contributed by atoms with Crippen molar-refractivity contribution >= 4 is 43.9 Å². The Kier molecular flexibility index (Phi) is 4.22. The van der Waals surface area contributed by atoms with Crippen molar-refractivity contribution in [3.05, 3.63) is 11.0 Å². The van der Waals surface area contributed by atoms with Gasteiger partial charge in [0.2, 0.25) is 20.9 Å². The van der Waals surface area contributed by atoms with Crippen molar-refractivity contribution in [2.24, 2.45) is 11.8 Å². The van der Waals surface area contributed by atoms with Crippen LogP contribution in [0.3, 0.4) is 0 Å². The number of halogens is 2. The average Bonchev–Trinajstić information content (AvgIpc) is 2.83. The maximum Gasteiger partial charge on any atom is 0.249 e. The van der Waals surface area contributed by atoms with Gasteiger partial charge in [0.05, 0.1) is 7.11 Å². The van der Waals surface area contributed by atoms with E-state index < -0.39 is 26.0 Å². The van der Waals surface area contributed by atoms with Crippen molar-refractivity contribution in [2.45, 2.75) is 18.0 Å². The summed E-state index contributed by atoms with van der Waals surface area (Å²) in [4.78, 5) is 25.9. The molecule has 1 saturated carbocycles. The van der Waals surface area contributed by atoms with E-state index in [2.05, 4.69) is 15.0 Å². The highest BCUT2D eigenvalue weighted by atomic mass is 35.5. The van der Waals surface area contributed by atoms with Gasteiger partial charge in [-0.05, 0) is 12.8 Å². The lowest BCUT2D eigenvalue weighted by molar-refractivity contribution is -0.124. The van der Waals surface area contributed by atoms with E-state index in [0.717, 1.165) is 19.1 Å². The minimum absolute atomic E-state index is 0.00398. The topological polar surface area (TPSA) is 102 Å². The highest BCUT2D eigenvalue weighted by Crippen LogP contribution is 2.40. The molecular weight excluding hydrogens is 399 g/mol. The number of hydrogen-bond acceptors (Lipinski definition) is 8. The molecule has 3 heterocycles. The lowest BCUT2D eigenvalue weighted by atomic mass is 9.97. The fourth-order valence-corrected chi connectivity index (χ4v) is 4.46. The normalized spacial score (nSPS) is 22.5. The van der Waals surface area contributed by atoms with Gasteiger partial charge >= 0.3 is 0 Å². The van der Waals surface area contributed by atoms with Crippen molar-refractivity contribution in [3.63, 3.8) is 0 Å². The van der Waals surface area contributed by atoms with Crippen LogP contribution in [0.4, 0.5) is 10.2 Å². The lowest BCUT2D eigenvalue weighted by Crippen LogP contribution is -2.43. The van der Waals surface area contributed by atoms with Crippen LogP contribution in [-0.2, 0) is 14.6 Å². The highest BCUT2D eigenvalue weighted by Gasteiger charge is 2.42. The number of anilines is 1. The van der Waals surface area contributed by atoms with Crippen molar-refractivity contribution in [1.29, 1.82) is 0 Å². The van der Waals surface area contributed by atoms with Gasteiger partial charge in [-0.15, -0.1) is 0 Å². The second kappa shape index (κ2) is 6.23. The molecule has 1 saturated heterocycles. The minimum atomic E-state index is -3.81. The molecule has 1 aliphatic heterocycles. The van der Waals surface area contributed by atoms with Crippen LogP contribution in [0, 0.1) is 17.7 Å². The van der Waals surface area contributed by atoms with E-state index in [1.54, 1.807) is 4.90 Å². The summed E-state index contributed by atoms with van der Waals surface area (Å²) in [7, 11) is -2.47. The summed E-state index contributed by atoms with van der Waals surface area (Å²) >= 11 is 5.82. The number of piperidine rings is 1. The van der Waals surface area contributed by atoms with Crippen molar-refractivity contribution in [2.75, 3.05) is 31.4 Å². The molecule has 0 aromatic carbocycles. The lowest BCUT2D eigenvalue weighted by Gasteiger charge is -2.32. The Balaban J connectivity index is 2.00.